The topological polar surface area (TPSA) is 125 Å². The summed E-state index contributed by atoms with van der Waals surface area (Å²) in [4.78, 5) is 54.0. The third-order valence-corrected chi connectivity index (χ3v) is 10.7. The van der Waals surface area contributed by atoms with Gasteiger partial charge in [-0.2, -0.15) is 0 Å². The minimum atomic E-state index is -1.66. The Morgan fingerprint density at radius 2 is 1.67 bits per heavy atom. The monoisotopic (exact) mass is 670 g/mol. The van der Waals surface area contributed by atoms with Crippen molar-refractivity contribution in [2.24, 2.45) is 11.8 Å². The molecule has 5 atom stereocenters. The van der Waals surface area contributed by atoms with Crippen LogP contribution in [0.3, 0.4) is 0 Å². The molecule has 3 aliphatic heterocycles. The number of carbonyl (C=O) groups is 4. The minimum Gasteiger partial charge on any atom is -0.482 e. The van der Waals surface area contributed by atoms with Gasteiger partial charge in [0.05, 0.1) is 11.2 Å². The third-order valence-electron chi connectivity index (χ3n) is 10.7. The maximum absolute atomic E-state index is 15.1. The molecule has 3 heterocycles. The number of esters is 1. The Morgan fingerprint density at radius 3 is 2.31 bits per heavy atom. The molecule has 1 saturated heterocycles. The van der Waals surface area contributed by atoms with Crippen molar-refractivity contribution in [3.63, 3.8) is 0 Å². The number of benzene rings is 1. The number of carbonyl (C=O) groups excluding carboxylic acids is 3. The Bertz CT molecular complexity index is 1840. The molecule has 3 aliphatic carbocycles. The fourth-order valence-electron chi connectivity index (χ4n) is 8.41. The van der Waals surface area contributed by atoms with Crippen molar-refractivity contribution in [3.8, 4) is 17.2 Å². The van der Waals surface area contributed by atoms with E-state index in [-0.39, 0.29) is 40.4 Å². The van der Waals surface area contributed by atoms with E-state index in [0.717, 1.165) is 12.0 Å². The molecule has 1 aromatic rings. The van der Waals surface area contributed by atoms with E-state index < -0.39 is 52.0 Å². The van der Waals surface area contributed by atoms with Gasteiger partial charge in [-0.05, 0) is 93.2 Å². The molecular weight excluding hydrogens is 624 g/mol. The molecule has 1 aromatic carbocycles. The number of Topliss-reactive ketones (excluding diaryl/α,β-unsaturated/α-hetero) is 2. The Hall–Kier alpha value is -4.24. The van der Waals surface area contributed by atoms with E-state index in [1.807, 2.05) is 66.7 Å². The lowest BCUT2D eigenvalue weighted by atomic mass is 9.51. The number of carboxylic acids is 1. The summed E-state index contributed by atoms with van der Waals surface area (Å²) >= 11 is 0. The Labute approximate surface area is 287 Å². The number of hydrogen-bond donors (Lipinski definition) is 1. The minimum absolute atomic E-state index is 0.0535. The van der Waals surface area contributed by atoms with E-state index in [9.17, 15) is 19.5 Å². The van der Waals surface area contributed by atoms with Crippen molar-refractivity contribution < 1.29 is 43.2 Å². The maximum atomic E-state index is 15.1. The second-order valence-electron chi connectivity index (χ2n) is 15.3. The van der Waals surface area contributed by atoms with E-state index in [1.165, 1.54) is 25.5 Å². The fourth-order valence-corrected chi connectivity index (χ4v) is 8.41. The van der Waals surface area contributed by atoms with E-state index in [4.69, 9.17) is 18.9 Å². The molecule has 0 radical (unpaired) electrons. The van der Waals surface area contributed by atoms with E-state index in [0.29, 0.717) is 36.1 Å². The average Bonchev–Trinajstić information content (AvgIpc) is 3.15. The molecule has 1 saturated carbocycles. The number of allylic oxidation sites excluding steroid dienone is 5. The van der Waals surface area contributed by atoms with Gasteiger partial charge in [-0.1, -0.05) is 35.5 Å². The summed E-state index contributed by atoms with van der Waals surface area (Å²) in [6, 6.07) is 0. The largest absolute Gasteiger partial charge is 0.482 e. The maximum Gasteiger partial charge on any atom is 0.330 e. The molecule has 6 aliphatic rings. The lowest BCUT2D eigenvalue weighted by Crippen LogP contribution is -2.72. The van der Waals surface area contributed by atoms with Crippen molar-refractivity contribution in [1.82, 2.24) is 0 Å². The van der Waals surface area contributed by atoms with Crippen molar-refractivity contribution in [2.75, 3.05) is 0 Å². The molecule has 9 nitrogen and oxygen atoms in total. The number of rotatable bonds is 9. The summed E-state index contributed by atoms with van der Waals surface area (Å²) in [5.74, 6) is -2.71. The summed E-state index contributed by atoms with van der Waals surface area (Å²) in [7, 11) is 0. The van der Waals surface area contributed by atoms with Crippen LogP contribution >= 0.6 is 0 Å². The van der Waals surface area contributed by atoms with E-state index in [2.05, 4.69) is 6.08 Å². The van der Waals surface area contributed by atoms with Crippen LogP contribution in [0, 0.1) is 11.8 Å². The number of aliphatic carboxylic acids is 1. The van der Waals surface area contributed by atoms with Gasteiger partial charge in [0.1, 0.15) is 22.7 Å². The van der Waals surface area contributed by atoms with E-state index in [1.54, 1.807) is 6.08 Å². The van der Waals surface area contributed by atoms with Crippen LogP contribution in [0.2, 0.25) is 0 Å². The van der Waals surface area contributed by atoms with Gasteiger partial charge in [0.15, 0.2) is 28.5 Å². The van der Waals surface area contributed by atoms with Crippen LogP contribution in [-0.2, 0) is 25.5 Å². The zero-order valence-corrected chi connectivity index (χ0v) is 29.9. The molecule has 7 rings (SSSR count). The number of ketones is 2. The quantitative estimate of drug-likeness (QED) is 0.123. The highest BCUT2D eigenvalue weighted by Gasteiger charge is 2.81. The van der Waals surface area contributed by atoms with Crippen LogP contribution in [-0.4, -0.2) is 51.0 Å². The van der Waals surface area contributed by atoms with Crippen LogP contribution in [0.25, 0.3) is 6.08 Å². The molecule has 0 aromatic heterocycles. The van der Waals surface area contributed by atoms with Crippen LogP contribution in [0.15, 0.2) is 52.7 Å². The van der Waals surface area contributed by atoms with Gasteiger partial charge in [0.25, 0.3) is 0 Å². The summed E-state index contributed by atoms with van der Waals surface area (Å²) < 4.78 is 26.7. The van der Waals surface area contributed by atoms with Gasteiger partial charge < -0.3 is 24.1 Å². The highest BCUT2D eigenvalue weighted by molar-refractivity contribution is 6.19. The summed E-state index contributed by atoms with van der Waals surface area (Å²) in [6.45, 7) is 16.6. The number of hydrogen-bond acceptors (Lipinski definition) is 8. The first-order valence-corrected chi connectivity index (χ1v) is 17.0. The number of ether oxygens (including phenoxy) is 4. The van der Waals surface area contributed by atoms with Crippen molar-refractivity contribution in [3.05, 3.63) is 69.4 Å². The van der Waals surface area contributed by atoms with Gasteiger partial charge in [0.2, 0.25) is 0 Å². The lowest BCUT2D eigenvalue weighted by molar-refractivity contribution is -0.171. The van der Waals surface area contributed by atoms with Crippen molar-refractivity contribution in [2.45, 2.75) is 117 Å². The summed E-state index contributed by atoms with van der Waals surface area (Å²) in [6.07, 6.45) is 13.3. The van der Waals surface area contributed by atoms with Crippen LogP contribution in [0.4, 0.5) is 0 Å². The van der Waals surface area contributed by atoms with Crippen LogP contribution < -0.4 is 14.2 Å². The van der Waals surface area contributed by atoms with Crippen LogP contribution in [0.1, 0.15) is 109 Å². The molecule has 9 heteroatoms. The molecule has 3 unspecified atom stereocenters. The normalized spacial score (nSPS) is 29.9. The lowest BCUT2D eigenvalue weighted by Gasteiger charge is -2.56. The predicted molar refractivity (Wildman–Crippen MR) is 184 cm³/mol. The van der Waals surface area contributed by atoms with Gasteiger partial charge in [-0.3, -0.25) is 14.4 Å². The number of fused-ring (bicyclic) bond motifs is 2. The molecular formula is C40H46O9. The molecule has 4 bridgehead atoms. The Balaban J connectivity index is 1.64. The first-order valence-electron chi connectivity index (χ1n) is 17.0. The summed E-state index contributed by atoms with van der Waals surface area (Å²) in [5, 5.41) is 9.70. The van der Waals surface area contributed by atoms with Gasteiger partial charge in [-0.25, -0.2) is 4.79 Å². The van der Waals surface area contributed by atoms with Gasteiger partial charge in [-0.15, -0.1) is 0 Å². The summed E-state index contributed by atoms with van der Waals surface area (Å²) in [5.41, 5.74) is -1.08. The first-order chi connectivity index (χ1) is 22.9. The highest BCUT2D eigenvalue weighted by atomic mass is 16.6. The van der Waals surface area contributed by atoms with Crippen LogP contribution in [0.5, 0.6) is 17.2 Å². The zero-order valence-electron chi connectivity index (χ0n) is 29.9. The Morgan fingerprint density at radius 1 is 0.980 bits per heavy atom. The predicted octanol–water partition coefficient (Wildman–Crippen LogP) is 7.46. The van der Waals surface area contributed by atoms with Crippen molar-refractivity contribution >= 4 is 29.6 Å². The highest BCUT2D eigenvalue weighted by Crippen LogP contribution is 2.68. The van der Waals surface area contributed by atoms with Gasteiger partial charge >= 0.3 is 11.9 Å². The molecule has 2 fully saturated rings. The van der Waals surface area contributed by atoms with Gasteiger partial charge in [0, 0.05) is 41.9 Å². The standard InChI is InChI=1S/C40H46O9/c1-21(2)11-10-16-38(9)17-15-27-32(47-38)26(13-12-22(3)4)34-30(33(27)46-24(6)41)31(42)28-19-25-20-29-37(7,8)49-39(35(25)43,40(28,29)48-34)18-14-23(5)36(44)45/h11-12,14-15,17,19,25,29H,10,13,16,18,20H2,1-9H3,(H,44,45)/b23-14+/t25-,29?,38?,39?,40-/m1/s1. The second kappa shape index (κ2) is 11.7. The smallest absolute Gasteiger partial charge is 0.330 e. The molecule has 1 N–H and O–H groups in total. The average molecular weight is 671 g/mol. The SMILES string of the molecule is CC(=O)Oc1c2c(c(CC=C(C)C)c3c1C(=O)C1=C[C@@H]4CC5C(C)(C)OC(C/C=C(\C)C(=O)O)(C4=O)[C@@]15O3)OC(C)(CCC=C(C)C)C=C2. The zero-order chi connectivity index (χ0) is 35.8. The molecule has 49 heavy (non-hydrogen) atoms. The molecule has 0 amide bonds. The first kappa shape index (κ1) is 34.6. The fraction of sp³-hybridized carbons (Fsp3) is 0.500. The third kappa shape index (κ3) is 5.23. The van der Waals surface area contributed by atoms with E-state index >= 15 is 4.79 Å². The number of carboxylic acid groups (broad SMARTS) is 1. The second-order valence-corrected chi connectivity index (χ2v) is 15.3. The Kier molecular flexibility index (Phi) is 8.25. The van der Waals surface area contributed by atoms with Crippen molar-refractivity contribution in [1.29, 1.82) is 0 Å². The molecule has 1 spiro atoms. The molecule has 260 valence electrons.